The van der Waals surface area contributed by atoms with Crippen molar-refractivity contribution in [3.05, 3.63) is 28.8 Å². The number of rotatable bonds is 4. The monoisotopic (exact) mass is 268 g/mol. The third-order valence-corrected chi connectivity index (χ3v) is 3.42. The molecule has 1 aromatic carbocycles. The van der Waals surface area contributed by atoms with Crippen LogP contribution in [0.15, 0.2) is 18.2 Å². The predicted molar refractivity (Wildman–Crippen MR) is 72.0 cm³/mol. The first-order valence-corrected chi connectivity index (χ1v) is 6.42. The Kier molecular flexibility index (Phi) is 4.09. The Labute approximate surface area is 111 Å². The summed E-state index contributed by atoms with van der Waals surface area (Å²) in [5.41, 5.74) is 6.40. The molecule has 4 nitrogen and oxygen atoms in total. The SMILES string of the molecule is CC1CCC(CNc2cc(C(N)=O)ccc2Cl)O1. The number of amides is 1. The average Bonchev–Trinajstić information content (AvgIpc) is 2.74. The molecule has 5 heteroatoms. The van der Waals surface area contributed by atoms with E-state index in [2.05, 4.69) is 12.2 Å². The van der Waals surface area contributed by atoms with Gasteiger partial charge in [0.15, 0.2) is 0 Å². The molecule has 0 aliphatic carbocycles. The first-order chi connectivity index (χ1) is 8.56. The van der Waals surface area contributed by atoms with Crippen LogP contribution in [0.4, 0.5) is 5.69 Å². The third-order valence-electron chi connectivity index (χ3n) is 3.09. The first-order valence-electron chi connectivity index (χ1n) is 6.05. The molecule has 0 aromatic heterocycles. The van der Waals surface area contributed by atoms with Crippen LogP contribution in [0.5, 0.6) is 0 Å². The van der Waals surface area contributed by atoms with Crippen molar-refractivity contribution in [2.24, 2.45) is 5.73 Å². The Balaban J connectivity index is 2.00. The number of anilines is 1. The molecule has 1 saturated heterocycles. The maximum absolute atomic E-state index is 11.1. The number of nitrogens with one attached hydrogen (secondary N) is 1. The van der Waals surface area contributed by atoms with Gasteiger partial charge in [-0.3, -0.25) is 4.79 Å². The Bertz CT molecular complexity index is 451. The summed E-state index contributed by atoms with van der Waals surface area (Å²) in [6.07, 6.45) is 2.65. The molecule has 0 saturated carbocycles. The molecule has 1 amide bonds. The van der Waals surface area contributed by atoms with Crippen molar-refractivity contribution in [3.63, 3.8) is 0 Å². The topological polar surface area (TPSA) is 64.3 Å². The van der Waals surface area contributed by atoms with Gasteiger partial charge < -0.3 is 15.8 Å². The fourth-order valence-electron chi connectivity index (χ4n) is 2.07. The molecule has 0 bridgehead atoms. The summed E-state index contributed by atoms with van der Waals surface area (Å²) in [4.78, 5) is 11.1. The van der Waals surface area contributed by atoms with E-state index in [-0.39, 0.29) is 6.10 Å². The molecule has 18 heavy (non-hydrogen) atoms. The number of primary amides is 1. The molecule has 1 aromatic rings. The quantitative estimate of drug-likeness (QED) is 0.881. The Morgan fingerprint density at radius 3 is 2.94 bits per heavy atom. The zero-order chi connectivity index (χ0) is 13.1. The van der Waals surface area contributed by atoms with Gasteiger partial charge in [0, 0.05) is 12.1 Å². The molecule has 1 heterocycles. The van der Waals surface area contributed by atoms with Crippen LogP contribution < -0.4 is 11.1 Å². The molecule has 98 valence electrons. The molecule has 2 atom stereocenters. The molecule has 1 aliphatic heterocycles. The normalized spacial score (nSPS) is 23.0. The van der Waals surface area contributed by atoms with Crippen molar-refractivity contribution in [2.45, 2.75) is 32.0 Å². The molecule has 0 radical (unpaired) electrons. The Hall–Kier alpha value is -1.26. The van der Waals surface area contributed by atoms with Crippen molar-refractivity contribution >= 4 is 23.2 Å². The Morgan fingerprint density at radius 1 is 1.56 bits per heavy atom. The fourth-order valence-corrected chi connectivity index (χ4v) is 2.26. The van der Waals surface area contributed by atoms with Gasteiger partial charge in [-0.25, -0.2) is 0 Å². The van der Waals surface area contributed by atoms with E-state index in [0.717, 1.165) is 18.5 Å². The van der Waals surface area contributed by atoms with Crippen molar-refractivity contribution in [2.75, 3.05) is 11.9 Å². The second kappa shape index (κ2) is 5.59. The maximum atomic E-state index is 11.1. The lowest BCUT2D eigenvalue weighted by Gasteiger charge is -2.14. The van der Waals surface area contributed by atoms with Crippen LogP contribution >= 0.6 is 11.6 Å². The summed E-state index contributed by atoms with van der Waals surface area (Å²) in [5.74, 6) is -0.458. The van der Waals surface area contributed by atoms with Crippen LogP contribution in [0.2, 0.25) is 5.02 Å². The summed E-state index contributed by atoms with van der Waals surface area (Å²) < 4.78 is 5.70. The number of benzene rings is 1. The maximum Gasteiger partial charge on any atom is 0.248 e. The molecular formula is C13H17ClN2O2. The van der Waals surface area contributed by atoms with Gasteiger partial charge in [-0.2, -0.15) is 0 Å². The van der Waals surface area contributed by atoms with Crippen LogP contribution in [-0.2, 0) is 4.74 Å². The molecule has 1 fully saturated rings. The number of carbonyl (C=O) groups is 1. The standard InChI is InChI=1S/C13H17ClN2O2/c1-8-2-4-10(18-8)7-16-12-6-9(13(15)17)3-5-11(12)14/h3,5-6,8,10,16H,2,4,7H2,1H3,(H2,15,17). The number of hydrogen-bond acceptors (Lipinski definition) is 3. The highest BCUT2D eigenvalue weighted by atomic mass is 35.5. The highest BCUT2D eigenvalue weighted by Crippen LogP contribution is 2.25. The third kappa shape index (κ3) is 3.15. The van der Waals surface area contributed by atoms with E-state index >= 15 is 0 Å². The summed E-state index contributed by atoms with van der Waals surface area (Å²) in [6, 6.07) is 4.95. The zero-order valence-corrected chi connectivity index (χ0v) is 11.0. The van der Waals surface area contributed by atoms with Gasteiger partial charge in [0.25, 0.3) is 0 Å². The van der Waals surface area contributed by atoms with Crippen LogP contribution in [-0.4, -0.2) is 24.7 Å². The highest BCUT2D eigenvalue weighted by Gasteiger charge is 2.21. The van der Waals surface area contributed by atoms with Crippen molar-refractivity contribution in [1.29, 1.82) is 0 Å². The summed E-state index contributed by atoms with van der Waals surface area (Å²) in [5, 5.41) is 3.78. The van der Waals surface area contributed by atoms with Gasteiger partial charge in [-0.1, -0.05) is 11.6 Å². The minimum Gasteiger partial charge on any atom is -0.381 e. The summed E-state index contributed by atoms with van der Waals surface area (Å²) in [7, 11) is 0. The molecule has 3 N–H and O–H groups in total. The van der Waals surface area contributed by atoms with Gasteiger partial charge in [0.1, 0.15) is 0 Å². The van der Waals surface area contributed by atoms with E-state index in [1.165, 1.54) is 0 Å². The number of hydrogen-bond donors (Lipinski definition) is 2. The van der Waals surface area contributed by atoms with E-state index in [1.807, 2.05) is 0 Å². The highest BCUT2D eigenvalue weighted by molar-refractivity contribution is 6.33. The van der Waals surface area contributed by atoms with Crippen LogP contribution in [0.1, 0.15) is 30.1 Å². The van der Waals surface area contributed by atoms with Crippen LogP contribution in [0, 0.1) is 0 Å². The molecule has 2 unspecified atom stereocenters. The second-order valence-electron chi connectivity index (χ2n) is 4.59. The van der Waals surface area contributed by atoms with Crippen LogP contribution in [0.3, 0.4) is 0 Å². The molecular weight excluding hydrogens is 252 g/mol. The van der Waals surface area contributed by atoms with Gasteiger partial charge in [-0.15, -0.1) is 0 Å². The first kappa shape index (κ1) is 13.2. The number of ether oxygens (including phenoxy) is 1. The molecule has 0 spiro atoms. The van der Waals surface area contributed by atoms with Gasteiger partial charge in [0.05, 0.1) is 22.9 Å². The van der Waals surface area contributed by atoms with E-state index in [1.54, 1.807) is 18.2 Å². The molecule has 2 rings (SSSR count). The zero-order valence-electron chi connectivity index (χ0n) is 10.3. The molecule has 1 aliphatic rings. The van der Waals surface area contributed by atoms with Crippen molar-refractivity contribution in [1.82, 2.24) is 0 Å². The average molecular weight is 269 g/mol. The van der Waals surface area contributed by atoms with E-state index in [4.69, 9.17) is 22.1 Å². The van der Waals surface area contributed by atoms with Gasteiger partial charge in [-0.05, 0) is 38.0 Å². The lowest BCUT2D eigenvalue weighted by molar-refractivity contribution is 0.0637. The van der Waals surface area contributed by atoms with Gasteiger partial charge >= 0.3 is 0 Å². The van der Waals surface area contributed by atoms with E-state index in [0.29, 0.717) is 23.2 Å². The largest absolute Gasteiger partial charge is 0.381 e. The lowest BCUT2D eigenvalue weighted by Crippen LogP contribution is -2.20. The lowest BCUT2D eigenvalue weighted by atomic mass is 10.1. The van der Waals surface area contributed by atoms with Crippen molar-refractivity contribution in [3.8, 4) is 0 Å². The van der Waals surface area contributed by atoms with E-state index in [9.17, 15) is 4.79 Å². The minimum atomic E-state index is -0.458. The second-order valence-corrected chi connectivity index (χ2v) is 4.99. The smallest absolute Gasteiger partial charge is 0.248 e. The summed E-state index contributed by atoms with van der Waals surface area (Å²) >= 11 is 6.06. The van der Waals surface area contributed by atoms with Crippen LogP contribution in [0.25, 0.3) is 0 Å². The Morgan fingerprint density at radius 2 is 2.33 bits per heavy atom. The van der Waals surface area contributed by atoms with E-state index < -0.39 is 5.91 Å². The minimum absolute atomic E-state index is 0.202. The summed E-state index contributed by atoms with van der Waals surface area (Å²) in [6.45, 7) is 2.76. The number of nitrogens with two attached hydrogens (primary N) is 1. The number of halogens is 1. The predicted octanol–water partition coefficient (Wildman–Crippen LogP) is 2.42. The van der Waals surface area contributed by atoms with Gasteiger partial charge in [0.2, 0.25) is 5.91 Å². The van der Waals surface area contributed by atoms with Crippen molar-refractivity contribution < 1.29 is 9.53 Å². The number of carbonyl (C=O) groups excluding carboxylic acids is 1. The fraction of sp³-hybridized carbons (Fsp3) is 0.462.